The van der Waals surface area contributed by atoms with Gasteiger partial charge >= 0.3 is 0 Å². The van der Waals surface area contributed by atoms with Gasteiger partial charge < -0.3 is 20.5 Å². The van der Waals surface area contributed by atoms with E-state index in [1.807, 2.05) is 24.3 Å². The molecule has 1 aliphatic rings. The van der Waals surface area contributed by atoms with Crippen molar-refractivity contribution in [2.24, 2.45) is 4.99 Å². The lowest BCUT2D eigenvalue weighted by atomic mass is 9.91. The van der Waals surface area contributed by atoms with Crippen molar-refractivity contribution in [1.82, 2.24) is 20.2 Å². The second kappa shape index (κ2) is 11.3. The number of nitrogens with one attached hydrogen (secondary N) is 3. The number of hydrogen-bond donors (Lipinski definition) is 3. The van der Waals surface area contributed by atoms with Crippen molar-refractivity contribution < 1.29 is 4.79 Å². The molecule has 0 saturated heterocycles. The minimum absolute atomic E-state index is 0. The third-order valence-corrected chi connectivity index (χ3v) is 5.62. The van der Waals surface area contributed by atoms with Gasteiger partial charge in [-0.1, -0.05) is 30.3 Å². The van der Waals surface area contributed by atoms with Crippen LogP contribution in [-0.2, 0) is 11.3 Å². The molecular formula is C24H31IN6O. The Kier molecular flexibility index (Phi) is 8.49. The highest BCUT2D eigenvalue weighted by Crippen LogP contribution is 2.31. The number of aromatic nitrogens is 2. The summed E-state index contributed by atoms with van der Waals surface area (Å²) in [6, 6.07) is 16.2. The zero-order valence-electron chi connectivity index (χ0n) is 18.6. The van der Waals surface area contributed by atoms with Crippen molar-refractivity contribution in [2.45, 2.75) is 39.2 Å². The molecule has 1 unspecified atom stereocenters. The molecule has 0 aliphatic carbocycles. The molecule has 32 heavy (non-hydrogen) atoms. The topological polar surface area (TPSA) is 83.3 Å². The van der Waals surface area contributed by atoms with Crippen LogP contribution < -0.4 is 16.0 Å². The fourth-order valence-electron chi connectivity index (χ4n) is 4.13. The van der Waals surface area contributed by atoms with E-state index in [9.17, 15) is 4.79 Å². The molecule has 3 aromatic rings. The van der Waals surface area contributed by atoms with Gasteiger partial charge in [0.2, 0.25) is 5.91 Å². The van der Waals surface area contributed by atoms with Gasteiger partial charge in [0.1, 0.15) is 5.82 Å². The molecule has 1 aromatic heterocycles. The molecule has 7 nitrogen and oxygen atoms in total. The Morgan fingerprint density at radius 1 is 1.19 bits per heavy atom. The number of halogens is 1. The number of aliphatic imine (C=N–C) groups is 1. The van der Waals surface area contributed by atoms with Crippen molar-refractivity contribution in [3.05, 3.63) is 59.9 Å². The lowest BCUT2D eigenvalue weighted by molar-refractivity contribution is -0.116. The van der Waals surface area contributed by atoms with E-state index in [4.69, 9.17) is 4.99 Å². The van der Waals surface area contributed by atoms with Gasteiger partial charge in [-0.15, -0.1) is 24.0 Å². The first kappa shape index (κ1) is 24.0. The Morgan fingerprint density at radius 2 is 1.97 bits per heavy atom. The summed E-state index contributed by atoms with van der Waals surface area (Å²) in [5, 5.41) is 9.69. The van der Waals surface area contributed by atoms with Gasteiger partial charge in [0.25, 0.3) is 0 Å². The van der Waals surface area contributed by atoms with Gasteiger partial charge in [-0.2, -0.15) is 0 Å². The molecule has 2 heterocycles. The van der Waals surface area contributed by atoms with E-state index in [-0.39, 0.29) is 35.8 Å². The highest BCUT2D eigenvalue weighted by molar-refractivity contribution is 14.0. The number of rotatable bonds is 7. The molecule has 0 bridgehead atoms. The number of anilines is 1. The van der Waals surface area contributed by atoms with Gasteiger partial charge in [-0.3, -0.25) is 9.79 Å². The van der Waals surface area contributed by atoms with Gasteiger partial charge in [-0.25, -0.2) is 4.98 Å². The maximum absolute atomic E-state index is 12.1. The third kappa shape index (κ3) is 5.59. The highest BCUT2D eigenvalue weighted by atomic mass is 127. The lowest BCUT2D eigenvalue weighted by Crippen LogP contribution is -2.38. The predicted molar refractivity (Wildman–Crippen MR) is 141 cm³/mol. The number of benzene rings is 2. The lowest BCUT2D eigenvalue weighted by Gasteiger charge is -2.24. The van der Waals surface area contributed by atoms with Gasteiger partial charge in [0, 0.05) is 37.7 Å². The molecule has 170 valence electrons. The van der Waals surface area contributed by atoms with Crippen LogP contribution in [0, 0.1) is 6.92 Å². The maximum atomic E-state index is 12.1. The summed E-state index contributed by atoms with van der Waals surface area (Å²) in [6.07, 6.45) is 1.42. The van der Waals surface area contributed by atoms with Crippen molar-refractivity contribution >= 4 is 52.6 Å². The molecule has 1 amide bonds. The van der Waals surface area contributed by atoms with Gasteiger partial charge in [0.15, 0.2) is 5.96 Å². The summed E-state index contributed by atoms with van der Waals surface area (Å²) in [5.41, 5.74) is 4.28. The summed E-state index contributed by atoms with van der Waals surface area (Å²) >= 11 is 0. The number of fused-ring (bicyclic) bond motifs is 2. The average Bonchev–Trinajstić information content (AvgIpc) is 3.09. The molecule has 0 fully saturated rings. The van der Waals surface area contributed by atoms with Gasteiger partial charge in [-0.05, 0) is 44.0 Å². The number of aryl methyl sites for hydroxylation is 2. The number of hydrogen-bond acceptors (Lipinski definition) is 3. The Balaban J connectivity index is 0.00000289. The molecular weight excluding hydrogens is 515 g/mol. The fraction of sp³-hybridized carbons (Fsp3) is 0.375. The predicted octanol–water partition coefficient (Wildman–Crippen LogP) is 4.03. The highest BCUT2D eigenvalue weighted by Gasteiger charge is 2.24. The summed E-state index contributed by atoms with van der Waals surface area (Å²) < 4.78 is 2.26. The number of para-hydroxylation sites is 3. The van der Waals surface area contributed by atoms with Crippen LogP contribution in [0.5, 0.6) is 0 Å². The van der Waals surface area contributed by atoms with E-state index >= 15 is 0 Å². The minimum atomic E-state index is 0. The molecule has 8 heteroatoms. The van der Waals surface area contributed by atoms with Crippen molar-refractivity contribution in [1.29, 1.82) is 0 Å². The van der Waals surface area contributed by atoms with E-state index in [1.165, 1.54) is 5.52 Å². The summed E-state index contributed by atoms with van der Waals surface area (Å²) in [5.74, 6) is 1.98. The second-order valence-electron chi connectivity index (χ2n) is 7.84. The molecule has 0 radical (unpaired) electrons. The van der Waals surface area contributed by atoms with Crippen molar-refractivity contribution in [2.75, 3.05) is 25.0 Å². The molecule has 2 aromatic carbocycles. The quantitative estimate of drug-likeness (QED) is 0.181. The van der Waals surface area contributed by atoms with Crippen LogP contribution in [-0.4, -0.2) is 41.1 Å². The van der Waals surface area contributed by atoms with Crippen LogP contribution in [0.4, 0.5) is 5.69 Å². The summed E-state index contributed by atoms with van der Waals surface area (Å²) in [4.78, 5) is 21.5. The molecule has 0 saturated carbocycles. The Hall–Kier alpha value is -2.62. The molecule has 3 N–H and O–H groups in total. The Bertz CT molecular complexity index is 1090. The van der Waals surface area contributed by atoms with E-state index in [2.05, 4.69) is 63.6 Å². The standard InChI is InChI=1S/C24H30N6O.HI/c1-3-25-24(27-16-18-15-23(31)29-20-10-5-4-9-19(18)20)26-13-8-14-30-17(2)28-21-11-6-7-12-22(21)30;/h4-7,9-12,18H,3,8,13-16H2,1-2H3,(H,29,31)(H2,25,26,27);1H. The summed E-state index contributed by atoms with van der Waals surface area (Å²) in [7, 11) is 0. The number of nitrogens with zero attached hydrogens (tertiary/aromatic N) is 3. The first-order valence-corrected chi connectivity index (χ1v) is 11.0. The number of amides is 1. The number of guanidine groups is 1. The first-order valence-electron chi connectivity index (χ1n) is 11.0. The largest absolute Gasteiger partial charge is 0.357 e. The first-order chi connectivity index (χ1) is 15.2. The van der Waals surface area contributed by atoms with E-state index in [1.54, 1.807) is 0 Å². The molecule has 1 aliphatic heterocycles. The number of carbonyl (C=O) groups is 1. The smallest absolute Gasteiger partial charge is 0.225 e. The monoisotopic (exact) mass is 546 g/mol. The average molecular weight is 546 g/mol. The zero-order chi connectivity index (χ0) is 21.6. The van der Waals surface area contributed by atoms with Crippen molar-refractivity contribution in [3.63, 3.8) is 0 Å². The van der Waals surface area contributed by atoms with Gasteiger partial charge in [0.05, 0.1) is 17.6 Å². The minimum Gasteiger partial charge on any atom is -0.357 e. The van der Waals surface area contributed by atoms with Crippen molar-refractivity contribution in [3.8, 4) is 0 Å². The van der Waals surface area contributed by atoms with Crippen LogP contribution in [0.15, 0.2) is 53.5 Å². The Labute approximate surface area is 206 Å². The number of carbonyl (C=O) groups excluding carboxylic acids is 1. The van der Waals surface area contributed by atoms with Crippen LogP contribution in [0.1, 0.15) is 37.1 Å². The fourth-order valence-corrected chi connectivity index (χ4v) is 4.13. The zero-order valence-corrected chi connectivity index (χ0v) is 20.9. The third-order valence-electron chi connectivity index (χ3n) is 5.62. The van der Waals surface area contributed by atoms with E-state index < -0.39 is 0 Å². The molecule has 4 rings (SSSR count). The number of imidazole rings is 1. The van der Waals surface area contributed by atoms with Crippen LogP contribution in [0.3, 0.4) is 0 Å². The van der Waals surface area contributed by atoms with E-state index in [0.717, 1.165) is 54.6 Å². The molecule has 0 spiro atoms. The normalized spacial score (nSPS) is 15.6. The van der Waals surface area contributed by atoms with Crippen LogP contribution in [0.2, 0.25) is 0 Å². The van der Waals surface area contributed by atoms with E-state index in [0.29, 0.717) is 13.0 Å². The SMILES string of the molecule is CCNC(=NCC1CC(=O)Nc2ccccc21)NCCCn1c(C)nc2ccccc21.I. The van der Waals surface area contributed by atoms with Crippen LogP contribution in [0.25, 0.3) is 11.0 Å². The molecule has 1 atom stereocenters. The second-order valence-corrected chi connectivity index (χ2v) is 7.84. The van der Waals surface area contributed by atoms with Crippen LogP contribution >= 0.6 is 24.0 Å². The Morgan fingerprint density at radius 3 is 2.81 bits per heavy atom. The maximum Gasteiger partial charge on any atom is 0.225 e. The summed E-state index contributed by atoms with van der Waals surface area (Å²) in [6.45, 7) is 7.18.